The van der Waals surface area contributed by atoms with E-state index in [9.17, 15) is 4.79 Å². The van der Waals surface area contributed by atoms with Gasteiger partial charge in [0.25, 0.3) is 0 Å². The summed E-state index contributed by atoms with van der Waals surface area (Å²) in [5.41, 5.74) is 1.08. The number of benzene rings is 1. The first-order valence-corrected chi connectivity index (χ1v) is 7.47. The topological polar surface area (TPSA) is 50.4 Å². The highest BCUT2D eigenvalue weighted by molar-refractivity contribution is 5.76. The van der Waals surface area contributed by atoms with Crippen LogP contribution in [0.4, 0.5) is 0 Å². The van der Waals surface area contributed by atoms with E-state index in [1.807, 2.05) is 31.2 Å². The van der Waals surface area contributed by atoms with Gasteiger partial charge in [-0.2, -0.15) is 0 Å². The zero-order chi connectivity index (χ0) is 14.2. The molecule has 2 rings (SSSR count). The number of carbonyl (C=O) groups is 1. The molecule has 0 saturated carbocycles. The molecule has 110 valence electrons. The maximum Gasteiger partial charge on any atom is 0.220 e. The number of hydrogen-bond donors (Lipinski definition) is 2. The molecule has 0 spiro atoms. The van der Waals surface area contributed by atoms with Crippen molar-refractivity contribution >= 4 is 5.91 Å². The molecule has 0 atom stereocenters. The predicted molar refractivity (Wildman–Crippen MR) is 79.7 cm³/mol. The molecule has 4 nitrogen and oxygen atoms in total. The number of piperidine rings is 1. The van der Waals surface area contributed by atoms with Gasteiger partial charge in [0.15, 0.2) is 0 Å². The first-order valence-electron chi connectivity index (χ1n) is 7.47. The van der Waals surface area contributed by atoms with Gasteiger partial charge in [0.05, 0.1) is 6.61 Å². The molecule has 1 amide bonds. The Bertz CT molecular complexity index is 428. The van der Waals surface area contributed by atoms with Gasteiger partial charge in [-0.3, -0.25) is 4.79 Å². The smallest absolute Gasteiger partial charge is 0.220 e. The van der Waals surface area contributed by atoms with Crippen molar-refractivity contribution in [2.75, 3.05) is 19.7 Å². The summed E-state index contributed by atoms with van der Waals surface area (Å²) in [6.45, 7) is 5.27. The van der Waals surface area contributed by atoms with E-state index in [2.05, 4.69) is 10.6 Å². The minimum atomic E-state index is 0.152. The first-order chi connectivity index (χ1) is 9.78. The number of carbonyl (C=O) groups excluding carboxylic acids is 1. The molecule has 1 heterocycles. The molecule has 1 aliphatic heterocycles. The molecule has 1 aliphatic rings. The van der Waals surface area contributed by atoms with Crippen LogP contribution in [0.25, 0.3) is 0 Å². The van der Waals surface area contributed by atoms with E-state index in [1.165, 1.54) is 0 Å². The van der Waals surface area contributed by atoms with Crippen LogP contribution >= 0.6 is 0 Å². The average molecular weight is 276 g/mol. The molecule has 1 fully saturated rings. The van der Waals surface area contributed by atoms with Crippen LogP contribution in [0.5, 0.6) is 5.75 Å². The van der Waals surface area contributed by atoms with Gasteiger partial charge in [-0.1, -0.05) is 12.1 Å². The van der Waals surface area contributed by atoms with E-state index < -0.39 is 0 Å². The van der Waals surface area contributed by atoms with Gasteiger partial charge in [0.1, 0.15) is 5.75 Å². The Labute approximate surface area is 120 Å². The number of ether oxygens (including phenoxy) is 1. The Balaban J connectivity index is 1.76. The van der Waals surface area contributed by atoms with Gasteiger partial charge in [0, 0.05) is 13.0 Å². The minimum Gasteiger partial charge on any atom is -0.494 e. The van der Waals surface area contributed by atoms with E-state index in [0.29, 0.717) is 25.5 Å². The molecule has 0 unspecified atom stereocenters. The van der Waals surface area contributed by atoms with Crippen LogP contribution in [-0.4, -0.2) is 25.6 Å². The maximum absolute atomic E-state index is 11.9. The number of nitrogens with one attached hydrogen (secondary N) is 2. The van der Waals surface area contributed by atoms with E-state index in [4.69, 9.17) is 4.74 Å². The van der Waals surface area contributed by atoms with Crippen molar-refractivity contribution in [2.45, 2.75) is 32.7 Å². The van der Waals surface area contributed by atoms with Crippen LogP contribution in [0.1, 0.15) is 31.7 Å². The predicted octanol–water partition coefficient (Wildman–Crippen LogP) is 2.09. The van der Waals surface area contributed by atoms with Crippen LogP contribution in [-0.2, 0) is 11.3 Å². The summed E-state index contributed by atoms with van der Waals surface area (Å²) < 4.78 is 5.46. The fourth-order valence-electron chi connectivity index (χ4n) is 2.53. The lowest BCUT2D eigenvalue weighted by Gasteiger charge is -2.21. The molecule has 0 aromatic heterocycles. The molecule has 2 N–H and O–H groups in total. The largest absolute Gasteiger partial charge is 0.494 e. The second kappa shape index (κ2) is 7.90. The molecule has 1 aromatic rings. The monoisotopic (exact) mass is 276 g/mol. The van der Waals surface area contributed by atoms with Crippen LogP contribution < -0.4 is 15.4 Å². The van der Waals surface area contributed by atoms with Crippen molar-refractivity contribution in [3.8, 4) is 5.75 Å². The molecule has 0 radical (unpaired) electrons. The lowest BCUT2D eigenvalue weighted by atomic mass is 9.94. The molecular weight excluding hydrogens is 252 g/mol. The standard InChI is InChI=1S/C16H24N2O2/c1-2-20-15-5-3-4-14(10-15)12-18-16(19)11-13-6-8-17-9-7-13/h3-5,10,13,17H,2,6-9,11-12H2,1H3,(H,18,19). The van der Waals surface area contributed by atoms with Crippen LogP contribution in [0.2, 0.25) is 0 Å². The summed E-state index contributed by atoms with van der Waals surface area (Å²) in [6.07, 6.45) is 2.85. The SMILES string of the molecule is CCOc1cccc(CNC(=O)CC2CCNCC2)c1. The molecule has 0 bridgehead atoms. The molecular formula is C16H24N2O2. The normalized spacial score (nSPS) is 15.8. The van der Waals surface area contributed by atoms with Crippen molar-refractivity contribution in [2.24, 2.45) is 5.92 Å². The average Bonchev–Trinajstić information content (AvgIpc) is 2.47. The molecule has 4 heteroatoms. The summed E-state index contributed by atoms with van der Waals surface area (Å²) >= 11 is 0. The highest BCUT2D eigenvalue weighted by Gasteiger charge is 2.16. The summed E-state index contributed by atoms with van der Waals surface area (Å²) in [5, 5.41) is 6.32. The van der Waals surface area contributed by atoms with Crippen molar-refractivity contribution in [3.63, 3.8) is 0 Å². The van der Waals surface area contributed by atoms with Crippen molar-refractivity contribution < 1.29 is 9.53 Å². The third-order valence-corrected chi connectivity index (χ3v) is 3.63. The third-order valence-electron chi connectivity index (χ3n) is 3.63. The number of rotatable bonds is 6. The summed E-state index contributed by atoms with van der Waals surface area (Å²) in [4.78, 5) is 11.9. The van der Waals surface area contributed by atoms with Gasteiger partial charge in [-0.25, -0.2) is 0 Å². The van der Waals surface area contributed by atoms with Crippen LogP contribution in [0, 0.1) is 5.92 Å². The zero-order valence-corrected chi connectivity index (χ0v) is 12.2. The Morgan fingerprint density at radius 1 is 1.40 bits per heavy atom. The third kappa shape index (κ3) is 4.85. The van der Waals surface area contributed by atoms with E-state index >= 15 is 0 Å². The van der Waals surface area contributed by atoms with E-state index in [1.54, 1.807) is 0 Å². The van der Waals surface area contributed by atoms with Gasteiger partial charge in [-0.05, 0) is 56.5 Å². The quantitative estimate of drug-likeness (QED) is 0.836. The zero-order valence-electron chi connectivity index (χ0n) is 12.2. The van der Waals surface area contributed by atoms with Crippen molar-refractivity contribution in [1.29, 1.82) is 0 Å². The molecule has 0 aliphatic carbocycles. The first kappa shape index (κ1) is 14.9. The fourth-order valence-corrected chi connectivity index (χ4v) is 2.53. The number of amides is 1. The second-order valence-electron chi connectivity index (χ2n) is 5.25. The second-order valence-corrected chi connectivity index (χ2v) is 5.25. The molecule has 20 heavy (non-hydrogen) atoms. The van der Waals surface area contributed by atoms with Crippen LogP contribution in [0.3, 0.4) is 0 Å². The lowest BCUT2D eigenvalue weighted by molar-refractivity contribution is -0.122. The molecule has 1 saturated heterocycles. The van der Waals surface area contributed by atoms with Gasteiger partial charge in [0.2, 0.25) is 5.91 Å². The molecule has 1 aromatic carbocycles. The Kier molecular flexibility index (Phi) is 5.87. The summed E-state index contributed by atoms with van der Waals surface area (Å²) in [6, 6.07) is 7.88. The van der Waals surface area contributed by atoms with Crippen LogP contribution in [0.15, 0.2) is 24.3 Å². The summed E-state index contributed by atoms with van der Waals surface area (Å²) in [7, 11) is 0. The minimum absolute atomic E-state index is 0.152. The fraction of sp³-hybridized carbons (Fsp3) is 0.562. The highest BCUT2D eigenvalue weighted by atomic mass is 16.5. The maximum atomic E-state index is 11.9. The van der Waals surface area contributed by atoms with Crippen molar-refractivity contribution in [1.82, 2.24) is 10.6 Å². The highest BCUT2D eigenvalue weighted by Crippen LogP contribution is 2.16. The van der Waals surface area contributed by atoms with E-state index in [0.717, 1.165) is 37.2 Å². The number of hydrogen-bond acceptors (Lipinski definition) is 3. The van der Waals surface area contributed by atoms with Gasteiger partial charge >= 0.3 is 0 Å². The Hall–Kier alpha value is -1.55. The lowest BCUT2D eigenvalue weighted by Crippen LogP contribution is -2.32. The Morgan fingerprint density at radius 3 is 2.95 bits per heavy atom. The Morgan fingerprint density at radius 2 is 2.20 bits per heavy atom. The van der Waals surface area contributed by atoms with Crippen molar-refractivity contribution in [3.05, 3.63) is 29.8 Å². The summed E-state index contributed by atoms with van der Waals surface area (Å²) in [5.74, 6) is 1.54. The van der Waals surface area contributed by atoms with E-state index in [-0.39, 0.29) is 5.91 Å². The van der Waals surface area contributed by atoms with Gasteiger partial charge < -0.3 is 15.4 Å². The van der Waals surface area contributed by atoms with Gasteiger partial charge in [-0.15, -0.1) is 0 Å².